The third-order valence-electron chi connectivity index (χ3n) is 6.84. The molecule has 0 spiro atoms. The van der Waals surface area contributed by atoms with Crippen LogP contribution in [0.3, 0.4) is 0 Å². The van der Waals surface area contributed by atoms with E-state index in [1.54, 1.807) is 31.5 Å². The van der Waals surface area contributed by atoms with Crippen LogP contribution in [0.25, 0.3) is 10.8 Å². The number of hydrazone groups is 1. The molecule has 39 heavy (non-hydrogen) atoms. The summed E-state index contributed by atoms with van der Waals surface area (Å²) in [6, 6.07) is 26.3. The molecule has 0 radical (unpaired) electrons. The number of hydrogen-bond acceptors (Lipinski definition) is 5. The summed E-state index contributed by atoms with van der Waals surface area (Å²) >= 11 is 0. The Kier molecular flexibility index (Phi) is 8.17. The average Bonchev–Trinajstić information content (AvgIpc) is 3.00. The summed E-state index contributed by atoms with van der Waals surface area (Å²) in [4.78, 5) is 27.3. The maximum Gasteiger partial charge on any atom is 0.271 e. The fraction of sp³-hybridized carbons (Fsp3) is 0.219. The Balaban J connectivity index is 1.18. The lowest BCUT2D eigenvalue weighted by Gasteiger charge is -2.26. The lowest BCUT2D eigenvalue weighted by atomic mass is 10.0. The normalized spacial score (nSPS) is 13.4. The number of benzene rings is 4. The third kappa shape index (κ3) is 6.26. The van der Waals surface area contributed by atoms with Gasteiger partial charge in [0.25, 0.3) is 11.8 Å². The van der Waals surface area contributed by atoms with Gasteiger partial charge >= 0.3 is 0 Å². The standard InChI is InChI=1S/C32H31N3O4/c1-38-30-20-24(21-33-34-31(36)28-11-7-9-25-8-3-4-10-27(25)28)14-17-29(30)39-22-23-12-15-26(16-13-23)32(37)35-18-5-2-6-19-35/h3-4,7-17,20-21H,2,5-6,18-19,22H2,1H3,(H,34,36)/b33-21-. The van der Waals surface area contributed by atoms with E-state index in [2.05, 4.69) is 10.5 Å². The van der Waals surface area contributed by atoms with Gasteiger partial charge in [-0.15, -0.1) is 0 Å². The summed E-state index contributed by atoms with van der Waals surface area (Å²) in [5, 5.41) is 6.00. The van der Waals surface area contributed by atoms with Crippen molar-refractivity contribution in [3.05, 3.63) is 107 Å². The Morgan fingerprint density at radius 1 is 0.897 bits per heavy atom. The first-order chi connectivity index (χ1) is 19.1. The second-order valence-electron chi connectivity index (χ2n) is 9.47. The average molecular weight is 522 g/mol. The molecule has 5 rings (SSSR count). The number of carbonyl (C=O) groups is 2. The maximum absolute atomic E-state index is 12.7. The number of hydrogen-bond donors (Lipinski definition) is 1. The highest BCUT2D eigenvalue weighted by molar-refractivity contribution is 6.07. The Hall–Kier alpha value is -4.65. The van der Waals surface area contributed by atoms with E-state index in [1.165, 1.54) is 6.42 Å². The second kappa shape index (κ2) is 12.3. The van der Waals surface area contributed by atoms with Gasteiger partial charge in [-0.2, -0.15) is 5.10 Å². The predicted molar refractivity (Wildman–Crippen MR) is 153 cm³/mol. The lowest BCUT2D eigenvalue weighted by Crippen LogP contribution is -2.35. The van der Waals surface area contributed by atoms with E-state index < -0.39 is 0 Å². The van der Waals surface area contributed by atoms with Gasteiger partial charge in [0.2, 0.25) is 0 Å². The molecule has 0 aromatic heterocycles. The molecular weight excluding hydrogens is 490 g/mol. The SMILES string of the molecule is COc1cc(/C=N\NC(=O)c2cccc3ccccc23)ccc1OCc1ccc(C(=O)N2CCCCC2)cc1. The van der Waals surface area contributed by atoms with E-state index in [9.17, 15) is 9.59 Å². The highest BCUT2D eigenvalue weighted by atomic mass is 16.5. The van der Waals surface area contributed by atoms with Crippen molar-refractivity contribution in [2.45, 2.75) is 25.9 Å². The van der Waals surface area contributed by atoms with Gasteiger partial charge in [0.05, 0.1) is 13.3 Å². The Morgan fingerprint density at radius 2 is 1.67 bits per heavy atom. The fourth-order valence-electron chi connectivity index (χ4n) is 4.72. The fourth-order valence-corrected chi connectivity index (χ4v) is 4.72. The number of amides is 2. The quantitative estimate of drug-likeness (QED) is 0.234. The molecule has 4 aromatic carbocycles. The van der Waals surface area contributed by atoms with Crippen molar-refractivity contribution >= 4 is 28.8 Å². The van der Waals surface area contributed by atoms with E-state index in [1.807, 2.05) is 71.6 Å². The zero-order valence-corrected chi connectivity index (χ0v) is 21.9. The van der Waals surface area contributed by atoms with Gasteiger partial charge in [0, 0.05) is 24.2 Å². The smallest absolute Gasteiger partial charge is 0.271 e. The zero-order chi connectivity index (χ0) is 27.0. The molecule has 1 aliphatic heterocycles. The molecule has 1 saturated heterocycles. The van der Waals surface area contributed by atoms with Gasteiger partial charge in [-0.1, -0.05) is 48.5 Å². The van der Waals surface area contributed by atoms with Crippen molar-refractivity contribution in [3.8, 4) is 11.5 Å². The Labute approximate surface area is 228 Å². The van der Waals surface area contributed by atoms with E-state index in [0.717, 1.165) is 47.8 Å². The number of likely N-dealkylation sites (tertiary alicyclic amines) is 1. The van der Waals surface area contributed by atoms with Crippen LogP contribution in [0.5, 0.6) is 11.5 Å². The number of methoxy groups -OCH3 is 1. The van der Waals surface area contributed by atoms with Crippen LogP contribution in [0.1, 0.15) is 51.1 Å². The van der Waals surface area contributed by atoms with Gasteiger partial charge in [0.1, 0.15) is 6.61 Å². The molecule has 0 bridgehead atoms. The number of fused-ring (bicyclic) bond motifs is 1. The van der Waals surface area contributed by atoms with Crippen LogP contribution in [0.15, 0.2) is 90.0 Å². The largest absolute Gasteiger partial charge is 0.493 e. The molecule has 7 nitrogen and oxygen atoms in total. The van der Waals surface area contributed by atoms with E-state index in [0.29, 0.717) is 29.2 Å². The van der Waals surface area contributed by atoms with Crippen LogP contribution >= 0.6 is 0 Å². The van der Waals surface area contributed by atoms with Gasteiger partial charge in [0.15, 0.2) is 11.5 Å². The summed E-state index contributed by atoms with van der Waals surface area (Å²) in [6.45, 7) is 2.00. The molecular formula is C32H31N3O4. The van der Waals surface area contributed by atoms with Gasteiger partial charge in [-0.25, -0.2) is 5.43 Å². The van der Waals surface area contributed by atoms with Crippen LogP contribution in [0, 0.1) is 0 Å². The summed E-state index contributed by atoms with van der Waals surface area (Å²) < 4.78 is 11.5. The minimum absolute atomic E-state index is 0.0920. The second-order valence-corrected chi connectivity index (χ2v) is 9.47. The molecule has 1 fully saturated rings. The zero-order valence-electron chi connectivity index (χ0n) is 21.9. The van der Waals surface area contributed by atoms with Gasteiger partial charge in [-0.05, 0) is 77.6 Å². The molecule has 1 N–H and O–H groups in total. The molecule has 1 heterocycles. The number of piperidine rings is 1. The van der Waals surface area contributed by atoms with Gasteiger partial charge < -0.3 is 14.4 Å². The highest BCUT2D eigenvalue weighted by Gasteiger charge is 2.18. The number of nitrogens with zero attached hydrogens (tertiary/aromatic N) is 2. The summed E-state index contributed by atoms with van der Waals surface area (Å²) in [6.07, 6.45) is 4.90. The topological polar surface area (TPSA) is 80.2 Å². The minimum Gasteiger partial charge on any atom is -0.493 e. The van der Waals surface area contributed by atoms with Crippen molar-refractivity contribution in [2.75, 3.05) is 20.2 Å². The molecule has 0 atom stereocenters. The maximum atomic E-state index is 12.7. The Bertz CT molecular complexity index is 1490. The minimum atomic E-state index is -0.279. The first-order valence-electron chi connectivity index (χ1n) is 13.1. The number of rotatable bonds is 8. The lowest BCUT2D eigenvalue weighted by molar-refractivity contribution is 0.0724. The van der Waals surface area contributed by atoms with Crippen LogP contribution in [-0.4, -0.2) is 43.1 Å². The van der Waals surface area contributed by atoms with Crippen LogP contribution in [0.2, 0.25) is 0 Å². The van der Waals surface area contributed by atoms with Gasteiger partial charge in [-0.3, -0.25) is 9.59 Å². The first kappa shape index (κ1) is 26.0. The predicted octanol–water partition coefficient (Wildman–Crippen LogP) is 5.82. The summed E-state index contributed by atoms with van der Waals surface area (Å²) in [7, 11) is 1.58. The van der Waals surface area contributed by atoms with Crippen LogP contribution < -0.4 is 14.9 Å². The van der Waals surface area contributed by atoms with Crippen molar-refractivity contribution in [1.29, 1.82) is 0 Å². The van der Waals surface area contributed by atoms with Crippen LogP contribution in [-0.2, 0) is 6.61 Å². The van der Waals surface area contributed by atoms with Crippen molar-refractivity contribution < 1.29 is 19.1 Å². The van der Waals surface area contributed by atoms with E-state index in [4.69, 9.17) is 9.47 Å². The van der Waals surface area contributed by atoms with E-state index >= 15 is 0 Å². The molecule has 0 aliphatic carbocycles. The first-order valence-corrected chi connectivity index (χ1v) is 13.1. The Morgan fingerprint density at radius 3 is 2.46 bits per heavy atom. The number of carbonyl (C=O) groups excluding carboxylic acids is 2. The molecule has 7 heteroatoms. The monoisotopic (exact) mass is 521 g/mol. The highest BCUT2D eigenvalue weighted by Crippen LogP contribution is 2.28. The van der Waals surface area contributed by atoms with Crippen molar-refractivity contribution in [3.63, 3.8) is 0 Å². The van der Waals surface area contributed by atoms with Crippen LogP contribution in [0.4, 0.5) is 0 Å². The number of ether oxygens (including phenoxy) is 2. The molecule has 0 unspecified atom stereocenters. The molecule has 198 valence electrons. The molecule has 2 amide bonds. The third-order valence-corrected chi connectivity index (χ3v) is 6.84. The molecule has 1 aliphatic rings. The molecule has 4 aromatic rings. The number of nitrogens with one attached hydrogen (secondary N) is 1. The summed E-state index contributed by atoms with van der Waals surface area (Å²) in [5.41, 5.74) is 5.57. The van der Waals surface area contributed by atoms with Crippen molar-refractivity contribution in [2.24, 2.45) is 5.10 Å². The van der Waals surface area contributed by atoms with E-state index in [-0.39, 0.29) is 11.8 Å². The van der Waals surface area contributed by atoms with Crippen molar-refractivity contribution in [1.82, 2.24) is 10.3 Å². The molecule has 0 saturated carbocycles. The summed E-state index contributed by atoms with van der Waals surface area (Å²) in [5.74, 6) is 0.951.